The Morgan fingerprint density at radius 2 is 2.17 bits per heavy atom. The SMILES string of the molecule is C[C@@H]1CCC[C@H]2C1=NN(C(=O)c1cccnc1)[C@@]2(O)C(F)(F)F. The third kappa shape index (κ3) is 2.32. The van der Waals surface area contributed by atoms with E-state index in [9.17, 15) is 23.1 Å². The fourth-order valence-corrected chi connectivity index (χ4v) is 3.31. The molecule has 1 aromatic rings. The van der Waals surface area contributed by atoms with E-state index in [1.54, 1.807) is 6.92 Å². The minimum Gasteiger partial charge on any atom is -0.362 e. The van der Waals surface area contributed by atoms with Gasteiger partial charge in [-0.2, -0.15) is 23.3 Å². The highest BCUT2D eigenvalue weighted by molar-refractivity contribution is 5.99. The van der Waals surface area contributed by atoms with E-state index < -0.39 is 23.7 Å². The molecule has 1 saturated carbocycles. The highest BCUT2D eigenvalue weighted by Crippen LogP contribution is 2.49. The van der Waals surface area contributed by atoms with E-state index in [4.69, 9.17) is 0 Å². The molecule has 1 aliphatic heterocycles. The van der Waals surface area contributed by atoms with Crippen LogP contribution in [0.2, 0.25) is 0 Å². The fourth-order valence-electron chi connectivity index (χ4n) is 3.31. The van der Waals surface area contributed by atoms with Crippen molar-refractivity contribution >= 4 is 11.6 Å². The van der Waals surface area contributed by atoms with Gasteiger partial charge in [0.25, 0.3) is 11.6 Å². The molecule has 0 radical (unpaired) electrons. The molecule has 23 heavy (non-hydrogen) atoms. The van der Waals surface area contributed by atoms with Crippen molar-refractivity contribution in [3.8, 4) is 0 Å². The molecule has 1 fully saturated rings. The maximum Gasteiger partial charge on any atom is 0.439 e. The number of nitrogens with zero attached hydrogens (tertiary/aromatic N) is 3. The van der Waals surface area contributed by atoms with Crippen molar-refractivity contribution < 1.29 is 23.1 Å². The molecule has 0 saturated heterocycles. The number of rotatable bonds is 1. The number of carbonyl (C=O) groups excluding carboxylic acids is 1. The van der Waals surface area contributed by atoms with Crippen LogP contribution in [0.25, 0.3) is 0 Å². The summed E-state index contributed by atoms with van der Waals surface area (Å²) < 4.78 is 40.9. The van der Waals surface area contributed by atoms with E-state index >= 15 is 0 Å². The summed E-state index contributed by atoms with van der Waals surface area (Å²) in [6.45, 7) is 1.76. The maximum absolute atomic E-state index is 13.6. The summed E-state index contributed by atoms with van der Waals surface area (Å²) in [6, 6.07) is 2.79. The van der Waals surface area contributed by atoms with Crippen LogP contribution in [0.4, 0.5) is 13.2 Å². The fraction of sp³-hybridized carbons (Fsp3) is 0.533. The molecule has 0 aromatic carbocycles. The smallest absolute Gasteiger partial charge is 0.362 e. The van der Waals surface area contributed by atoms with Crippen LogP contribution in [0.3, 0.4) is 0 Å². The number of hydrogen-bond donors (Lipinski definition) is 1. The van der Waals surface area contributed by atoms with Crippen LogP contribution in [-0.4, -0.2) is 38.6 Å². The van der Waals surface area contributed by atoms with E-state index in [1.165, 1.54) is 18.3 Å². The highest BCUT2D eigenvalue weighted by atomic mass is 19.4. The summed E-state index contributed by atoms with van der Waals surface area (Å²) >= 11 is 0. The van der Waals surface area contributed by atoms with Crippen molar-refractivity contribution in [3.63, 3.8) is 0 Å². The number of alkyl halides is 3. The van der Waals surface area contributed by atoms with Gasteiger partial charge in [0.05, 0.1) is 11.5 Å². The van der Waals surface area contributed by atoms with Crippen LogP contribution in [0, 0.1) is 11.8 Å². The third-order valence-corrected chi connectivity index (χ3v) is 4.53. The molecule has 1 amide bonds. The first-order valence-corrected chi connectivity index (χ1v) is 7.39. The molecule has 3 rings (SSSR count). The average molecular weight is 327 g/mol. The second kappa shape index (κ2) is 5.30. The number of halogens is 3. The van der Waals surface area contributed by atoms with Gasteiger partial charge in [0, 0.05) is 18.1 Å². The summed E-state index contributed by atoms with van der Waals surface area (Å²) in [5.74, 6) is -2.42. The predicted molar refractivity (Wildman–Crippen MR) is 75.4 cm³/mol. The van der Waals surface area contributed by atoms with E-state index in [-0.39, 0.29) is 28.6 Å². The van der Waals surface area contributed by atoms with Crippen LogP contribution in [-0.2, 0) is 0 Å². The Balaban J connectivity index is 2.07. The Morgan fingerprint density at radius 1 is 1.43 bits per heavy atom. The minimum absolute atomic E-state index is 0.0502. The highest BCUT2D eigenvalue weighted by Gasteiger charge is 2.69. The summed E-state index contributed by atoms with van der Waals surface area (Å²) in [5.41, 5.74) is -3.11. The quantitative estimate of drug-likeness (QED) is 0.862. The van der Waals surface area contributed by atoms with Crippen molar-refractivity contribution in [2.24, 2.45) is 16.9 Å². The van der Waals surface area contributed by atoms with Crippen LogP contribution < -0.4 is 0 Å². The largest absolute Gasteiger partial charge is 0.439 e. The summed E-state index contributed by atoms with van der Waals surface area (Å²) in [7, 11) is 0. The Hall–Kier alpha value is -1.96. The molecule has 0 spiro atoms. The van der Waals surface area contributed by atoms with E-state index in [2.05, 4.69) is 10.1 Å². The van der Waals surface area contributed by atoms with Gasteiger partial charge in [-0.1, -0.05) is 13.3 Å². The lowest BCUT2D eigenvalue weighted by Gasteiger charge is -2.39. The van der Waals surface area contributed by atoms with Gasteiger partial charge in [-0.25, -0.2) is 0 Å². The Morgan fingerprint density at radius 3 is 2.78 bits per heavy atom. The standard InChI is InChI=1S/C15H16F3N3O2/c1-9-4-2-6-11-12(9)20-21(14(11,23)15(16,17)18)13(22)10-5-3-7-19-8-10/h3,5,7-9,11,23H,2,4,6H2,1H3/t9-,11+,14+/m1/s1. The Labute approximate surface area is 130 Å². The third-order valence-electron chi connectivity index (χ3n) is 4.53. The molecule has 1 aliphatic carbocycles. The molecule has 5 nitrogen and oxygen atoms in total. The normalized spacial score (nSPS) is 30.8. The van der Waals surface area contributed by atoms with E-state index in [1.807, 2.05) is 0 Å². The lowest BCUT2D eigenvalue weighted by atomic mass is 9.75. The van der Waals surface area contributed by atoms with Crippen molar-refractivity contribution in [1.29, 1.82) is 0 Å². The van der Waals surface area contributed by atoms with E-state index in [0.717, 1.165) is 6.20 Å². The number of hydrazone groups is 1. The first-order chi connectivity index (χ1) is 10.8. The van der Waals surface area contributed by atoms with E-state index in [0.29, 0.717) is 12.8 Å². The van der Waals surface area contributed by atoms with Gasteiger partial charge in [0.15, 0.2) is 0 Å². The predicted octanol–water partition coefficient (Wildman–Crippen LogP) is 2.58. The molecule has 0 unspecified atom stereocenters. The monoisotopic (exact) mass is 327 g/mol. The van der Waals surface area contributed by atoms with Gasteiger partial charge in [0.2, 0.25) is 0 Å². The van der Waals surface area contributed by atoms with Gasteiger partial charge >= 0.3 is 6.18 Å². The van der Waals surface area contributed by atoms with Gasteiger partial charge in [-0.15, -0.1) is 0 Å². The lowest BCUT2D eigenvalue weighted by molar-refractivity contribution is -0.312. The lowest BCUT2D eigenvalue weighted by Crippen LogP contribution is -2.61. The zero-order valence-electron chi connectivity index (χ0n) is 12.4. The first-order valence-electron chi connectivity index (χ1n) is 7.39. The Kier molecular flexibility index (Phi) is 3.66. The topological polar surface area (TPSA) is 65.8 Å². The molecular formula is C15H16F3N3O2. The molecule has 1 aromatic heterocycles. The molecular weight excluding hydrogens is 311 g/mol. The molecule has 2 heterocycles. The number of aromatic nitrogens is 1. The van der Waals surface area contributed by atoms with Gasteiger partial charge in [-0.05, 0) is 30.9 Å². The summed E-state index contributed by atoms with van der Waals surface area (Å²) in [5, 5.41) is 14.6. The van der Waals surface area contributed by atoms with Crippen LogP contribution >= 0.6 is 0 Å². The minimum atomic E-state index is -5.00. The molecule has 0 bridgehead atoms. The van der Waals surface area contributed by atoms with Gasteiger partial charge < -0.3 is 5.11 Å². The number of hydrogen-bond acceptors (Lipinski definition) is 4. The van der Waals surface area contributed by atoms with Crippen molar-refractivity contribution in [1.82, 2.24) is 9.99 Å². The second-order valence-electron chi connectivity index (χ2n) is 5.99. The summed E-state index contributed by atoms with van der Waals surface area (Å²) in [6.07, 6.45) is -1.04. The van der Waals surface area contributed by atoms with Crippen molar-refractivity contribution in [2.75, 3.05) is 0 Å². The van der Waals surface area contributed by atoms with Crippen LogP contribution in [0.15, 0.2) is 29.6 Å². The van der Waals surface area contributed by atoms with Gasteiger partial charge in [0.1, 0.15) is 0 Å². The molecule has 8 heteroatoms. The molecule has 3 atom stereocenters. The van der Waals surface area contributed by atoms with Gasteiger partial charge in [-0.3, -0.25) is 9.78 Å². The van der Waals surface area contributed by atoms with Crippen LogP contribution in [0.5, 0.6) is 0 Å². The second-order valence-corrected chi connectivity index (χ2v) is 5.99. The zero-order valence-corrected chi connectivity index (χ0v) is 12.4. The number of pyridine rings is 1. The number of carbonyl (C=O) groups is 1. The number of fused-ring (bicyclic) bond motifs is 1. The number of aliphatic hydroxyl groups is 1. The van der Waals surface area contributed by atoms with Crippen molar-refractivity contribution in [2.45, 2.75) is 38.1 Å². The zero-order chi connectivity index (χ0) is 16.8. The molecule has 2 aliphatic rings. The Bertz CT molecular complexity index is 647. The van der Waals surface area contributed by atoms with Crippen LogP contribution in [0.1, 0.15) is 36.5 Å². The molecule has 1 N–H and O–H groups in total. The van der Waals surface area contributed by atoms with Crippen molar-refractivity contribution in [3.05, 3.63) is 30.1 Å². The summed E-state index contributed by atoms with van der Waals surface area (Å²) in [4.78, 5) is 16.2. The number of amides is 1. The molecule has 124 valence electrons. The average Bonchev–Trinajstić information content (AvgIpc) is 2.83. The first kappa shape index (κ1) is 15.9. The maximum atomic E-state index is 13.6.